The van der Waals surface area contributed by atoms with Gasteiger partial charge in [-0.1, -0.05) is 0 Å². The SMILES string of the molecule is NC1(c2cscn2)C=COC1=O. The minimum Gasteiger partial charge on any atom is -0.433 e. The minimum atomic E-state index is -1.17. The highest BCUT2D eigenvalue weighted by molar-refractivity contribution is 7.07. The average molecular weight is 182 g/mol. The van der Waals surface area contributed by atoms with E-state index in [4.69, 9.17) is 5.73 Å². The molecular weight excluding hydrogens is 176 g/mol. The van der Waals surface area contributed by atoms with Crippen molar-refractivity contribution >= 4 is 17.3 Å². The summed E-state index contributed by atoms with van der Waals surface area (Å²) in [5, 5.41) is 1.73. The van der Waals surface area contributed by atoms with Crippen molar-refractivity contribution in [1.82, 2.24) is 4.98 Å². The number of hydrogen-bond acceptors (Lipinski definition) is 5. The Balaban J connectivity index is 2.45. The number of ether oxygens (including phenoxy) is 1. The first kappa shape index (κ1) is 7.45. The highest BCUT2D eigenvalue weighted by atomic mass is 32.1. The van der Waals surface area contributed by atoms with E-state index in [0.717, 1.165) is 0 Å². The lowest BCUT2D eigenvalue weighted by Gasteiger charge is -2.13. The predicted molar refractivity (Wildman–Crippen MR) is 43.2 cm³/mol. The van der Waals surface area contributed by atoms with Crippen molar-refractivity contribution < 1.29 is 9.53 Å². The van der Waals surface area contributed by atoms with Gasteiger partial charge in [-0.05, 0) is 6.08 Å². The van der Waals surface area contributed by atoms with Crippen molar-refractivity contribution in [3.05, 3.63) is 28.9 Å². The van der Waals surface area contributed by atoms with Crippen molar-refractivity contribution in [2.45, 2.75) is 5.54 Å². The Hall–Kier alpha value is -1.20. The van der Waals surface area contributed by atoms with Gasteiger partial charge in [-0.2, -0.15) is 0 Å². The number of carbonyl (C=O) groups is 1. The van der Waals surface area contributed by atoms with E-state index in [1.807, 2.05) is 0 Å². The number of nitrogens with zero attached hydrogens (tertiary/aromatic N) is 1. The molecule has 2 N–H and O–H groups in total. The molecule has 2 heterocycles. The molecule has 0 aromatic carbocycles. The van der Waals surface area contributed by atoms with Crippen molar-refractivity contribution in [3.8, 4) is 0 Å². The number of thiazole rings is 1. The molecule has 1 aliphatic rings. The number of hydrogen-bond donors (Lipinski definition) is 1. The third-order valence-electron chi connectivity index (χ3n) is 1.70. The molecule has 4 nitrogen and oxygen atoms in total. The normalized spacial score (nSPS) is 27.6. The van der Waals surface area contributed by atoms with Crippen LogP contribution in [0, 0.1) is 0 Å². The highest BCUT2D eigenvalue weighted by Crippen LogP contribution is 2.25. The van der Waals surface area contributed by atoms with Crippen LogP contribution in [0.4, 0.5) is 0 Å². The van der Waals surface area contributed by atoms with Crippen LogP contribution in [0.5, 0.6) is 0 Å². The maximum absolute atomic E-state index is 11.1. The third kappa shape index (κ3) is 0.870. The first-order valence-electron chi connectivity index (χ1n) is 3.30. The van der Waals surface area contributed by atoms with Crippen molar-refractivity contribution in [2.24, 2.45) is 5.73 Å². The molecule has 1 atom stereocenters. The lowest BCUT2D eigenvalue weighted by atomic mass is 9.99. The van der Waals surface area contributed by atoms with Gasteiger partial charge in [0.2, 0.25) is 0 Å². The number of carbonyl (C=O) groups excluding carboxylic acids is 1. The second-order valence-electron chi connectivity index (χ2n) is 2.45. The molecule has 0 radical (unpaired) electrons. The Morgan fingerprint density at radius 1 is 1.67 bits per heavy atom. The van der Waals surface area contributed by atoms with E-state index in [1.54, 1.807) is 10.9 Å². The van der Waals surface area contributed by atoms with Crippen LogP contribution < -0.4 is 5.73 Å². The molecule has 1 aromatic rings. The number of rotatable bonds is 1. The fraction of sp³-hybridized carbons (Fsp3) is 0.143. The molecule has 0 fully saturated rings. The van der Waals surface area contributed by atoms with Crippen LogP contribution in [0.25, 0.3) is 0 Å². The highest BCUT2D eigenvalue weighted by Gasteiger charge is 2.40. The Morgan fingerprint density at radius 2 is 2.50 bits per heavy atom. The summed E-state index contributed by atoms with van der Waals surface area (Å²) in [6.07, 6.45) is 2.80. The van der Waals surface area contributed by atoms with Gasteiger partial charge < -0.3 is 10.5 Å². The Kier molecular flexibility index (Phi) is 1.49. The van der Waals surface area contributed by atoms with Crippen molar-refractivity contribution in [3.63, 3.8) is 0 Å². The summed E-state index contributed by atoms with van der Waals surface area (Å²) in [5.41, 5.74) is 6.75. The summed E-state index contributed by atoms with van der Waals surface area (Å²) in [4.78, 5) is 15.1. The van der Waals surface area contributed by atoms with Crippen molar-refractivity contribution in [2.75, 3.05) is 0 Å². The standard InChI is InChI=1S/C7H6N2O2S/c8-7(1-2-11-6(7)10)5-3-12-4-9-5/h1-4H,8H2. The van der Waals surface area contributed by atoms with E-state index in [0.29, 0.717) is 5.69 Å². The number of nitrogens with two attached hydrogens (primary N) is 1. The largest absolute Gasteiger partial charge is 0.433 e. The summed E-state index contributed by atoms with van der Waals surface area (Å²) in [6, 6.07) is 0. The molecular formula is C7H6N2O2S. The lowest BCUT2D eigenvalue weighted by Crippen LogP contribution is -2.41. The zero-order chi connectivity index (χ0) is 8.60. The maximum Gasteiger partial charge on any atom is 0.341 e. The predicted octanol–water partition coefficient (Wildman–Crippen LogP) is 0.368. The zero-order valence-corrected chi connectivity index (χ0v) is 6.88. The molecule has 1 aliphatic heterocycles. The van der Waals surface area contributed by atoms with Crippen LogP contribution >= 0.6 is 11.3 Å². The molecule has 0 saturated carbocycles. The lowest BCUT2D eigenvalue weighted by molar-refractivity contribution is -0.140. The molecule has 62 valence electrons. The van der Waals surface area contributed by atoms with E-state index < -0.39 is 11.5 Å². The molecule has 0 bridgehead atoms. The van der Waals surface area contributed by atoms with Crippen LogP contribution in [0.15, 0.2) is 23.2 Å². The van der Waals surface area contributed by atoms with E-state index >= 15 is 0 Å². The van der Waals surface area contributed by atoms with Gasteiger partial charge in [-0.3, -0.25) is 0 Å². The first-order chi connectivity index (χ1) is 5.73. The van der Waals surface area contributed by atoms with Gasteiger partial charge in [-0.15, -0.1) is 11.3 Å². The molecule has 5 heteroatoms. The molecule has 0 amide bonds. The van der Waals surface area contributed by atoms with Gasteiger partial charge in [0.1, 0.15) is 0 Å². The zero-order valence-electron chi connectivity index (χ0n) is 6.06. The molecule has 0 aliphatic carbocycles. The fourth-order valence-corrected chi connectivity index (χ4v) is 1.60. The molecule has 0 spiro atoms. The molecule has 2 rings (SSSR count). The molecule has 1 aromatic heterocycles. The second kappa shape index (κ2) is 2.40. The second-order valence-corrected chi connectivity index (χ2v) is 3.17. The molecule has 1 unspecified atom stereocenters. The topological polar surface area (TPSA) is 65.2 Å². The van der Waals surface area contributed by atoms with Gasteiger partial charge in [0, 0.05) is 5.38 Å². The molecule has 0 saturated heterocycles. The van der Waals surface area contributed by atoms with Gasteiger partial charge in [0.25, 0.3) is 0 Å². The summed E-state index contributed by atoms with van der Waals surface area (Å²) in [7, 11) is 0. The van der Waals surface area contributed by atoms with Crippen molar-refractivity contribution in [1.29, 1.82) is 0 Å². The summed E-state index contributed by atoms with van der Waals surface area (Å²) in [5.74, 6) is -0.478. The van der Waals surface area contributed by atoms with Crippen LogP contribution in [0.3, 0.4) is 0 Å². The summed E-state index contributed by atoms with van der Waals surface area (Å²) in [6.45, 7) is 0. The van der Waals surface area contributed by atoms with Gasteiger partial charge in [-0.25, -0.2) is 9.78 Å². The smallest absolute Gasteiger partial charge is 0.341 e. The monoisotopic (exact) mass is 182 g/mol. The average Bonchev–Trinajstić information content (AvgIpc) is 2.62. The maximum atomic E-state index is 11.1. The van der Waals surface area contributed by atoms with Crippen LogP contribution in [-0.2, 0) is 15.1 Å². The van der Waals surface area contributed by atoms with E-state index in [2.05, 4.69) is 9.72 Å². The molecule has 12 heavy (non-hydrogen) atoms. The fourth-order valence-electron chi connectivity index (χ4n) is 0.975. The van der Waals surface area contributed by atoms with Crippen LogP contribution in [0.1, 0.15) is 5.69 Å². The number of cyclic esters (lactones) is 1. The first-order valence-corrected chi connectivity index (χ1v) is 4.24. The number of esters is 1. The van der Waals surface area contributed by atoms with Gasteiger partial charge in [0.05, 0.1) is 17.5 Å². The minimum absolute atomic E-state index is 0.478. The summed E-state index contributed by atoms with van der Waals surface area (Å²) < 4.78 is 4.61. The van der Waals surface area contributed by atoms with Gasteiger partial charge >= 0.3 is 5.97 Å². The van der Waals surface area contributed by atoms with E-state index in [9.17, 15) is 4.79 Å². The Labute approximate surface area is 72.7 Å². The Bertz CT molecular complexity index is 333. The Morgan fingerprint density at radius 3 is 3.00 bits per heavy atom. The number of aromatic nitrogens is 1. The van der Waals surface area contributed by atoms with E-state index in [1.165, 1.54) is 23.7 Å². The summed E-state index contributed by atoms with van der Waals surface area (Å²) >= 11 is 1.39. The van der Waals surface area contributed by atoms with Crippen LogP contribution in [-0.4, -0.2) is 11.0 Å². The quantitative estimate of drug-likeness (QED) is 0.637. The third-order valence-corrected chi connectivity index (χ3v) is 2.29. The van der Waals surface area contributed by atoms with Crippen LogP contribution in [0.2, 0.25) is 0 Å². The van der Waals surface area contributed by atoms with Gasteiger partial charge in [0.15, 0.2) is 5.54 Å². The van der Waals surface area contributed by atoms with E-state index in [-0.39, 0.29) is 0 Å².